The van der Waals surface area contributed by atoms with E-state index in [0.29, 0.717) is 17.9 Å². The molecule has 0 spiro atoms. The summed E-state index contributed by atoms with van der Waals surface area (Å²) in [6.07, 6.45) is 3.31. The Morgan fingerprint density at radius 1 is 0.889 bits per heavy atom. The molecule has 0 saturated heterocycles. The Bertz CT molecular complexity index is 866. The lowest BCUT2D eigenvalue weighted by molar-refractivity contribution is 0.0954. The lowest BCUT2D eigenvalue weighted by Gasteiger charge is -2.09. The number of hydrogen-bond donors (Lipinski definition) is 2. The number of carbonyl (C=O) groups is 1. The number of carbonyl (C=O) groups excluding carboxylic acids is 1. The molecule has 0 fully saturated rings. The normalized spacial score (nSPS) is 10.4. The van der Waals surface area contributed by atoms with Gasteiger partial charge in [-0.15, -0.1) is 0 Å². The summed E-state index contributed by atoms with van der Waals surface area (Å²) in [6, 6.07) is 21.4. The minimum Gasteiger partial charge on any atom is -0.370 e. The van der Waals surface area contributed by atoms with E-state index in [0.717, 1.165) is 24.4 Å². The minimum atomic E-state index is -0.0888. The number of nitrogens with one attached hydrogen (secondary N) is 2. The zero-order chi connectivity index (χ0) is 18.9. The van der Waals surface area contributed by atoms with Crippen molar-refractivity contribution in [3.63, 3.8) is 0 Å². The molecule has 1 heterocycles. The number of anilines is 1. The maximum Gasteiger partial charge on any atom is 0.251 e. The van der Waals surface area contributed by atoms with Gasteiger partial charge in [0.2, 0.25) is 0 Å². The summed E-state index contributed by atoms with van der Waals surface area (Å²) in [5.41, 5.74) is 3.01. The summed E-state index contributed by atoms with van der Waals surface area (Å²) in [5.74, 6) is 0.605. The second-order valence-electron chi connectivity index (χ2n) is 6.22. The molecule has 0 bridgehead atoms. The van der Waals surface area contributed by atoms with E-state index in [1.807, 2.05) is 42.5 Å². The quantitative estimate of drug-likeness (QED) is 0.611. The number of hydrogen-bond acceptors (Lipinski definition) is 3. The second-order valence-corrected chi connectivity index (χ2v) is 6.66. The van der Waals surface area contributed by atoms with E-state index in [1.165, 1.54) is 11.1 Å². The van der Waals surface area contributed by atoms with Crippen LogP contribution in [0.25, 0.3) is 0 Å². The Labute approximate surface area is 164 Å². The summed E-state index contributed by atoms with van der Waals surface area (Å²) in [6.45, 7) is 1.33. The molecule has 27 heavy (non-hydrogen) atoms. The maximum absolute atomic E-state index is 12.3. The van der Waals surface area contributed by atoms with Crippen LogP contribution in [-0.2, 0) is 12.8 Å². The minimum absolute atomic E-state index is 0.0888. The molecule has 0 aliphatic heterocycles. The van der Waals surface area contributed by atoms with E-state index in [1.54, 1.807) is 18.3 Å². The van der Waals surface area contributed by atoms with Gasteiger partial charge in [-0.2, -0.15) is 0 Å². The van der Waals surface area contributed by atoms with Crippen molar-refractivity contribution in [1.29, 1.82) is 0 Å². The van der Waals surface area contributed by atoms with Crippen molar-refractivity contribution in [2.45, 2.75) is 12.8 Å². The van der Waals surface area contributed by atoms with Crippen molar-refractivity contribution in [2.75, 3.05) is 18.4 Å². The second kappa shape index (κ2) is 9.74. The summed E-state index contributed by atoms with van der Waals surface area (Å²) < 4.78 is 0. The largest absolute Gasteiger partial charge is 0.370 e. The first-order chi connectivity index (χ1) is 13.2. The zero-order valence-electron chi connectivity index (χ0n) is 15.0. The molecule has 0 aliphatic carbocycles. The molecule has 138 valence electrons. The first-order valence-electron chi connectivity index (χ1n) is 8.97. The smallest absolute Gasteiger partial charge is 0.251 e. The third-order valence-corrected chi connectivity index (χ3v) is 4.45. The van der Waals surface area contributed by atoms with Crippen molar-refractivity contribution in [1.82, 2.24) is 10.3 Å². The SMILES string of the molecule is O=C(NCCc1ccccc1)c1ccnc(NCCc2ccc(Cl)cc2)c1. The molecule has 0 aliphatic rings. The van der Waals surface area contributed by atoms with Crippen LogP contribution in [0.2, 0.25) is 5.02 Å². The molecule has 4 nitrogen and oxygen atoms in total. The fraction of sp³-hybridized carbons (Fsp3) is 0.182. The number of halogens is 1. The van der Waals surface area contributed by atoms with E-state index in [2.05, 4.69) is 27.8 Å². The van der Waals surface area contributed by atoms with Crippen molar-refractivity contribution >= 4 is 23.3 Å². The fourth-order valence-electron chi connectivity index (χ4n) is 2.72. The third-order valence-electron chi connectivity index (χ3n) is 4.20. The van der Waals surface area contributed by atoms with Gasteiger partial charge in [0.05, 0.1) is 0 Å². The van der Waals surface area contributed by atoms with Crippen LogP contribution >= 0.6 is 11.6 Å². The van der Waals surface area contributed by atoms with Crippen LogP contribution in [0.3, 0.4) is 0 Å². The number of pyridine rings is 1. The number of rotatable bonds is 8. The first kappa shape index (κ1) is 18.9. The predicted molar refractivity (Wildman–Crippen MR) is 110 cm³/mol. The maximum atomic E-state index is 12.3. The van der Waals surface area contributed by atoms with Gasteiger partial charge in [0.15, 0.2) is 0 Å². The number of benzene rings is 2. The average molecular weight is 380 g/mol. The first-order valence-corrected chi connectivity index (χ1v) is 9.35. The van der Waals surface area contributed by atoms with Crippen LogP contribution in [0.15, 0.2) is 72.9 Å². The highest BCUT2D eigenvalue weighted by Crippen LogP contribution is 2.11. The lowest BCUT2D eigenvalue weighted by atomic mass is 10.1. The molecule has 2 N–H and O–H groups in total. The molecular weight excluding hydrogens is 358 g/mol. The molecule has 1 aromatic heterocycles. The Morgan fingerprint density at radius 2 is 1.59 bits per heavy atom. The molecule has 0 saturated carbocycles. The standard InChI is InChI=1S/C22H22ClN3O/c23-20-8-6-18(7-9-20)10-13-24-21-16-19(12-15-25-21)22(27)26-14-11-17-4-2-1-3-5-17/h1-9,12,15-16H,10-11,13-14H2,(H,24,25)(H,26,27). The Kier molecular flexibility index (Phi) is 6.83. The molecule has 3 rings (SSSR count). The number of aromatic nitrogens is 1. The van der Waals surface area contributed by atoms with Crippen LogP contribution in [-0.4, -0.2) is 24.0 Å². The summed E-state index contributed by atoms with van der Waals surface area (Å²) in [5, 5.41) is 6.95. The van der Waals surface area contributed by atoms with Gasteiger partial charge < -0.3 is 10.6 Å². The van der Waals surface area contributed by atoms with Gasteiger partial charge in [-0.05, 0) is 48.2 Å². The number of nitrogens with zero attached hydrogens (tertiary/aromatic N) is 1. The van der Waals surface area contributed by atoms with Crippen LogP contribution in [0, 0.1) is 0 Å². The Hall–Kier alpha value is -2.85. The lowest BCUT2D eigenvalue weighted by Crippen LogP contribution is -2.25. The van der Waals surface area contributed by atoms with Crippen molar-refractivity contribution in [3.05, 3.63) is 94.6 Å². The van der Waals surface area contributed by atoms with Crippen LogP contribution in [0.1, 0.15) is 21.5 Å². The highest BCUT2D eigenvalue weighted by atomic mass is 35.5. The van der Waals surface area contributed by atoms with E-state index in [9.17, 15) is 4.79 Å². The predicted octanol–water partition coefficient (Wildman–Crippen LogP) is 4.36. The van der Waals surface area contributed by atoms with Gasteiger partial charge >= 0.3 is 0 Å². The van der Waals surface area contributed by atoms with E-state index >= 15 is 0 Å². The molecule has 3 aromatic rings. The monoisotopic (exact) mass is 379 g/mol. The van der Waals surface area contributed by atoms with Crippen molar-refractivity contribution < 1.29 is 4.79 Å². The molecule has 0 radical (unpaired) electrons. The van der Waals surface area contributed by atoms with E-state index in [4.69, 9.17) is 11.6 Å². The van der Waals surface area contributed by atoms with Gasteiger partial charge in [-0.1, -0.05) is 54.1 Å². The van der Waals surface area contributed by atoms with Crippen LogP contribution in [0.5, 0.6) is 0 Å². The van der Waals surface area contributed by atoms with Gasteiger partial charge in [0.1, 0.15) is 5.82 Å². The van der Waals surface area contributed by atoms with Gasteiger partial charge in [-0.25, -0.2) is 4.98 Å². The Balaban J connectivity index is 1.47. The molecule has 5 heteroatoms. The topological polar surface area (TPSA) is 54.0 Å². The fourth-order valence-corrected chi connectivity index (χ4v) is 2.85. The Morgan fingerprint density at radius 3 is 2.37 bits per heavy atom. The van der Waals surface area contributed by atoms with Gasteiger partial charge in [0, 0.05) is 29.9 Å². The molecule has 2 aromatic carbocycles. The number of amides is 1. The van der Waals surface area contributed by atoms with E-state index in [-0.39, 0.29) is 5.91 Å². The van der Waals surface area contributed by atoms with Gasteiger partial charge in [-0.3, -0.25) is 4.79 Å². The zero-order valence-corrected chi connectivity index (χ0v) is 15.7. The highest BCUT2D eigenvalue weighted by molar-refractivity contribution is 6.30. The molecule has 0 atom stereocenters. The molecular formula is C22H22ClN3O. The highest BCUT2D eigenvalue weighted by Gasteiger charge is 2.06. The van der Waals surface area contributed by atoms with Crippen molar-refractivity contribution in [3.8, 4) is 0 Å². The van der Waals surface area contributed by atoms with Gasteiger partial charge in [0.25, 0.3) is 5.91 Å². The van der Waals surface area contributed by atoms with Crippen LogP contribution < -0.4 is 10.6 Å². The van der Waals surface area contributed by atoms with Crippen molar-refractivity contribution in [2.24, 2.45) is 0 Å². The molecule has 0 unspecified atom stereocenters. The third kappa shape index (κ3) is 6.12. The van der Waals surface area contributed by atoms with Crippen LogP contribution in [0.4, 0.5) is 5.82 Å². The summed E-state index contributed by atoms with van der Waals surface area (Å²) in [7, 11) is 0. The summed E-state index contributed by atoms with van der Waals surface area (Å²) in [4.78, 5) is 16.6. The summed E-state index contributed by atoms with van der Waals surface area (Å²) >= 11 is 5.90. The molecule has 1 amide bonds. The average Bonchev–Trinajstić information content (AvgIpc) is 2.70. The van der Waals surface area contributed by atoms with E-state index < -0.39 is 0 Å².